The number of thiophene rings is 3. The Hall–Kier alpha value is -4.14. The Bertz CT molecular complexity index is 3370. The molecule has 12 aromatic rings. The Morgan fingerprint density at radius 3 is 1.13 bits per heavy atom. The Kier molecular flexibility index (Phi) is 29.7. The van der Waals surface area contributed by atoms with Crippen LogP contribution in [0.1, 0.15) is 15.3 Å². The fourth-order valence-electron chi connectivity index (χ4n) is 7.85. The molecule has 0 unspecified atom stereocenters. The number of allylic oxidation sites excluding steroid dienone is 2. The van der Waals surface area contributed by atoms with E-state index in [1.54, 1.807) is 34.0 Å². The normalized spacial score (nSPS) is 10.1. The van der Waals surface area contributed by atoms with Gasteiger partial charge in [0.1, 0.15) is 0 Å². The quantitative estimate of drug-likeness (QED) is 0.0303. The van der Waals surface area contributed by atoms with Gasteiger partial charge in [-0.1, -0.05) is 150 Å². The number of pyridine rings is 3. The van der Waals surface area contributed by atoms with Crippen LogP contribution in [0.15, 0.2) is 235 Å². The third-order valence-corrected chi connectivity index (χ3v) is 13.9. The van der Waals surface area contributed by atoms with E-state index in [4.69, 9.17) is 15.2 Å². The third kappa shape index (κ3) is 18.7. The molecule has 0 aliphatic heterocycles. The number of rotatable bonds is 8. The van der Waals surface area contributed by atoms with Crippen LogP contribution in [-0.2, 0) is 54.7 Å². The van der Waals surface area contributed by atoms with Crippen LogP contribution in [0.2, 0.25) is 0 Å². The van der Waals surface area contributed by atoms with Crippen molar-refractivity contribution in [1.82, 2.24) is 15.0 Å². The van der Waals surface area contributed by atoms with Gasteiger partial charge in [-0.05, 0) is 87.5 Å². The topological polar surface area (TPSA) is 125 Å². The van der Waals surface area contributed by atoms with E-state index >= 15 is 0 Å². The number of nitrogens with zero attached hydrogens (tertiary/aromatic N) is 3. The second kappa shape index (κ2) is 34.9. The first-order chi connectivity index (χ1) is 36.3. The number of aromatic nitrogens is 3. The Morgan fingerprint density at radius 1 is 0.487 bits per heavy atom. The zero-order valence-corrected chi connectivity index (χ0v) is 56.3. The molecule has 12 rings (SSSR count). The molecule has 2 radical (unpaired) electrons. The van der Waals surface area contributed by atoms with Gasteiger partial charge in [-0.25, -0.2) is 0 Å². The molecular weight excluding hydrogens is 1440 g/mol. The zero-order valence-electron chi connectivity index (χ0n) is 43.8. The summed E-state index contributed by atoms with van der Waals surface area (Å²) in [6.07, 6.45) is 6.79. The van der Waals surface area contributed by atoms with Gasteiger partial charge in [0.2, 0.25) is 0 Å². The van der Waals surface area contributed by atoms with Gasteiger partial charge in [-0.3, -0.25) is 14.6 Å². The first-order valence-electron chi connectivity index (χ1n) is 23.2. The number of carbonyl (C=O) groups is 2. The molecule has 15 heteroatoms. The van der Waals surface area contributed by atoms with Crippen molar-refractivity contribution >= 4 is 76.5 Å². The molecule has 1 N–H and O–H groups in total. The molecule has 0 aliphatic carbocycles. The maximum absolute atomic E-state index is 10.0. The van der Waals surface area contributed by atoms with Gasteiger partial charge in [0.05, 0.1) is 11.5 Å². The molecule has 6 aromatic carbocycles. The van der Waals surface area contributed by atoms with Crippen molar-refractivity contribution in [2.75, 3.05) is 0 Å². The molecule has 0 fully saturated rings. The van der Waals surface area contributed by atoms with Crippen LogP contribution >= 0.6 is 34.0 Å². The van der Waals surface area contributed by atoms with E-state index in [9.17, 15) is 4.79 Å². The van der Waals surface area contributed by atoms with Gasteiger partial charge in [0, 0.05) is 89.9 Å². The monoisotopic (exact) mass is 1490 g/mol. The first-order valence-corrected chi connectivity index (χ1v) is 25.8. The molecule has 78 heavy (non-hydrogen) atoms. The van der Waals surface area contributed by atoms with Crippen LogP contribution < -0.4 is 108 Å². The van der Waals surface area contributed by atoms with Crippen molar-refractivity contribution in [2.24, 2.45) is 0 Å². The molecule has 384 valence electrons. The molecule has 8 nitrogen and oxygen atoms in total. The minimum atomic E-state index is -0.181. The zero-order chi connectivity index (χ0) is 51.5. The Balaban J connectivity index is 0.000000276. The van der Waals surface area contributed by atoms with Crippen LogP contribution in [0.4, 0.5) is 0 Å². The van der Waals surface area contributed by atoms with Crippen molar-refractivity contribution in [1.29, 1.82) is 0 Å². The third-order valence-electron chi connectivity index (χ3n) is 11.2. The number of fused-ring (bicyclic) bond motifs is 3. The molecule has 6 aromatic heterocycles. The van der Waals surface area contributed by atoms with Gasteiger partial charge in [-0.2, -0.15) is 0 Å². The summed E-state index contributed by atoms with van der Waals surface area (Å²) in [5.41, 5.74) is 13.6. The van der Waals surface area contributed by atoms with E-state index in [2.05, 4.69) is 206 Å². The standard InChI is InChI=1S/C19H13NS.2C19H12NS.C5H8O2.CH2O3.2Ir.2K.H/c3*1-2-4-14(5-3-1)15-6-8-16(9-7-15)19-17-11-13-21-18(17)10-12-20-19;1-4(6)3-5(2)7;2-1-4-3;;;;;/h1-13H;2*1-8,10-13H;3,6H,1-2H3;1,3H;;;;;/q;2*-1;;;;;2*+1;-1/p-1. The molecule has 0 amide bonds. The smallest absolute Gasteiger partial charge is 1.00 e. The number of aliphatic hydroxyl groups excluding tert-OH is 1. The molecule has 0 spiro atoms. The van der Waals surface area contributed by atoms with E-state index in [0.29, 0.717) is 0 Å². The minimum absolute atomic E-state index is 0. The molecule has 0 atom stereocenters. The number of hydrogen-bond donors (Lipinski definition) is 1. The summed E-state index contributed by atoms with van der Waals surface area (Å²) in [5.74, 6) is -0.0625. The number of aliphatic hydroxyl groups is 1. The van der Waals surface area contributed by atoms with Crippen LogP contribution in [-0.4, -0.2) is 32.3 Å². The fourth-order valence-corrected chi connectivity index (χ4v) is 10.2. The van der Waals surface area contributed by atoms with Crippen LogP contribution in [0.3, 0.4) is 0 Å². The predicted molar refractivity (Wildman–Crippen MR) is 304 cm³/mol. The summed E-state index contributed by atoms with van der Waals surface area (Å²) in [5, 5.41) is 26.8. The number of hydrogen-bond acceptors (Lipinski definition) is 11. The van der Waals surface area contributed by atoms with Gasteiger partial charge in [0.25, 0.3) is 6.47 Å². The summed E-state index contributed by atoms with van der Waals surface area (Å²) in [4.78, 5) is 34.9. The predicted octanol–water partition coefficient (Wildman–Crippen LogP) is 10.1. The van der Waals surface area contributed by atoms with Crippen LogP contribution in [0.25, 0.3) is 97.4 Å². The molecule has 0 saturated heterocycles. The second-order valence-corrected chi connectivity index (χ2v) is 19.1. The Labute approximate surface area is 579 Å². The van der Waals surface area contributed by atoms with Gasteiger partial charge in [0.15, 0.2) is 5.78 Å². The van der Waals surface area contributed by atoms with E-state index in [-0.39, 0.29) is 162 Å². The van der Waals surface area contributed by atoms with E-state index < -0.39 is 0 Å². The summed E-state index contributed by atoms with van der Waals surface area (Å²) in [6.45, 7) is 2.67. The minimum Gasteiger partial charge on any atom is -1.00 e. The number of benzene rings is 6. The summed E-state index contributed by atoms with van der Waals surface area (Å²) in [6, 6.07) is 71.7. The van der Waals surface area contributed by atoms with Gasteiger partial charge in [-0.15, -0.1) is 93.7 Å². The average Bonchev–Trinajstić information content (AvgIpc) is 4.28. The van der Waals surface area contributed by atoms with Gasteiger partial charge >= 0.3 is 103 Å². The van der Waals surface area contributed by atoms with Crippen molar-refractivity contribution in [3.05, 3.63) is 247 Å². The maximum Gasteiger partial charge on any atom is 1.00 e. The average molecular weight is 1480 g/mol. The van der Waals surface area contributed by atoms with Crippen LogP contribution in [0.5, 0.6) is 0 Å². The molecule has 6 heterocycles. The largest absolute Gasteiger partial charge is 1.00 e. The molecule has 0 saturated carbocycles. The summed E-state index contributed by atoms with van der Waals surface area (Å²) >= 11 is 5.24. The molecule has 0 aliphatic rings. The van der Waals surface area contributed by atoms with Gasteiger partial charge < -0.3 is 26.6 Å². The van der Waals surface area contributed by atoms with Crippen LogP contribution in [0, 0.1) is 12.1 Å². The van der Waals surface area contributed by atoms with Crippen molar-refractivity contribution in [2.45, 2.75) is 13.8 Å². The SMILES string of the molecule is CC(=O)C=C(C)O.O=CO[O-].[H-].[Ir].[Ir].[K+].[K+].[c-]1cc(-c2ccccc2)ccc1-c1nccc2sccc12.[c-]1cc(-c2ccccc2)ccc1-c1nccc2sccc12.c1ccc(-c2ccc(-c3nccc4sccc34)cc2)cc1. The maximum atomic E-state index is 10.0. The molecular formula is C63H47Ir2K2N3O5S3-2. The van der Waals surface area contributed by atoms with Crippen molar-refractivity contribution in [3.8, 4) is 67.2 Å². The Morgan fingerprint density at radius 2 is 0.808 bits per heavy atom. The van der Waals surface area contributed by atoms with Crippen molar-refractivity contribution < 1.29 is 169 Å². The van der Waals surface area contributed by atoms with E-state index in [1.165, 1.54) is 89.1 Å². The first kappa shape index (κ1) is 66.4. The van der Waals surface area contributed by atoms with E-state index in [0.717, 1.165) is 28.2 Å². The van der Waals surface area contributed by atoms with E-state index in [1.807, 2.05) is 48.9 Å². The fraction of sp³-hybridized carbons (Fsp3) is 0.0317. The summed E-state index contributed by atoms with van der Waals surface area (Å²) in [7, 11) is 0. The number of ketones is 1. The summed E-state index contributed by atoms with van der Waals surface area (Å²) < 4.78 is 3.81. The second-order valence-electron chi connectivity index (χ2n) is 16.2. The van der Waals surface area contributed by atoms with Crippen molar-refractivity contribution in [3.63, 3.8) is 0 Å². The molecule has 0 bridgehead atoms. The number of carbonyl (C=O) groups excluding carboxylic acids is 2.